The quantitative estimate of drug-likeness (QED) is 0.0682. The summed E-state index contributed by atoms with van der Waals surface area (Å²) in [6, 6.07) is 23.0. The molecule has 0 radical (unpaired) electrons. The molecule has 17 heteroatoms. The van der Waals surface area contributed by atoms with Gasteiger partial charge in [0.2, 0.25) is 5.88 Å². The molecule has 2 aliphatic carbocycles. The topological polar surface area (TPSA) is 196 Å². The summed E-state index contributed by atoms with van der Waals surface area (Å²) < 4.78 is 43.1. The van der Waals surface area contributed by atoms with Crippen molar-refractivity contribution in [1.82, 2.24) is 19.6 Å². The third-order valence-corrected chi connectivity index (χ3v) is 18.4. The number of nitrogens with zero attached hydrogens (tertiary/aromatic N) is 5. The molecule has 3 saturated heterocycles. The lowest BCUT2D eigenvalue weighted by molar-refractivity contribution is -0.384. The number of anilines is 4. The van der Waals surface area contributed by atoms with Crippen LogP contribution in [0.3, 0.4) is 0 Å². The van der Waals surface area contributed by atoms with Gasteiger partial charge >= 0.3 is 0 Å². The largest absolute Gasteiger partial charge is 0.468 e. The number of carbonyl (C=O) groups is 1. The van der Waals surface area contributed by atoms with E-state index in [4.69, 9.17) is 14.5 Å². The number of rotatable bonds is 12. The van der Waals surface area contributed by atoms with Crippen LogP contribution in [-0.4, -0.2) is 102 Å². The number of aromatic amines is 1. The van der Waals surface area contributed by atoms with E-state index >= 15 is 0 Å². The van der Waals surface area contributed by atoms with Crippen LogP contribution in [0.15, 0.2) is 83.9 Å². The number of likely N-dealkylation sites (tertiary alicyclic amines) is 1. The highest BCUT2D eigenvalue weighted by Gasteiger charge is 2.50. The van der Waals surface area contributed by atoms with Gasteiger partial charge in [0, 0.05) is 61.7 Å². The molecule has 0 bridgehead atoms. The molecule has 1 amide bonds. The van der Waals surface area contributed by atoms with Crippen molar-refractivity contribution in [2.45, 2.75) is 138 Å². The average molecular weight is 1000 g/mol. The summed E-state index contributed by atoms with van der Waals surface area (Å²) in [5, 5.41) is 26.8. The van der Waals surface area contributed by atoms with E-state index in [9.17, 15) is 28.4 Å². The van der Waals surface area contributed by atoms with E-state index in [-0.39, 0.29) is 28.6 Å². The number of hydrogen-bond donors (Lipinski definition) is 4. The van der Waals surface area contributed by atoms with Gasteiger partial charge in [-0.2, -0.15) is 4.98 Å². The van der Waals surface area contributed by atoms with Gasteiger partial charge in [-0.1, -0.05) is 44.5 Å². The highest BCUT2D eigenvalue weighted by atomic mass is 32.2. The van der Waals surface area contributed by atoms with Crippen LogP contribution in [0.25, 0.3) is 11.0 Å². The Bertz CT molecular complexity index is 2950. The molecule has 2 aromatic heterocycles. The first kappa shape index (κ1) is 48.5. The molecule has 16 nitrogen and oxygen atoms in total. The van der Waals surface area contributed by atoms with Crippen LogP contribution in [0.2, 0.25) is 0 Å². The maximum absolute atomic E-state index is 14.7. The fourth-order valence-corrected chi connectivity index (χ4v) is 13.9. The summed E-state index contributed by atoms with van der Waals surface area (Å²) in [5.74, 6) is 0.192. The summed E-state index contributed by atoms with van der Waals surface area (Å²) in [6.45, 7) is 10.5. The summed E-state index contributed by atoms with van der Waals surface area (Å²) in [7, 11) is -4.61. The normalized spacial score (nSPS) is 25.6. The van der Waals surface area contributed by atoms with Gasteiger partial charge in [-0.15, -0.1) is 0 Å². The number of piperidine rings is 2. The molecule has 2 saturated carbocycles. The molecular formula is C55H68N8O8S. The maximum atomic E-state index is 14.7. The molecule has 1 spiro atoms. The van der Waals surface area contributed by atoms with E-state index in [1.807, 2.05) is 37.4 Å². The molecule has 6 heterocycles. The van der Waals surface area contributed by atoms with Crippen molar-refractivity contribution in [2.75, 3.05) is 54.5 Å². The van der Waals surface area contributed by atoms with E-state index in [2.05, 4.69) is 67.8 Å². The second-order valence-electron chi connectivity index (χ2n) is 22.2. The second kappa shape index (κ2) is 19.3. The van der Waals surface area contributed by atoms with Crippen molar-refractivity contribution in [3.8, 4) is 5.88 Å². The fourth-order valence-electron chi connectivity index (χ4n) is 12.9. The van der Waals surface area contributed by atoms with Crippen molar-refractivity contribution >= 4 is 55.4 Å². The van der Waals surface area contributed by atoms with Crippen LogP contribution in [0.5, 0.6) is 5.88 Å². The van der Waals surface area contributed by atoms with Crippen molar-refractivity contribution in [1.29, 1.82) is 0 Å². The third kappa shape index (κ3) is 9.41. The number of sulfonamides is 1. The zero-order valence-corrected chi connectivity index (χ0v) is 42.5. The van der Waals surface area contributed by atoms with E-state index in [0.29, 0.717) is 79.9 Å². The number of nitro benzene ring substituents is 1. The van der Waals surface area contributed by atoms with E-state index in [1.165, 1.54) is 55.4 Å². The van der Waals surface area contributed by atoms with Gasteiger partial charge in [0.1, 0.15) is 23.1 Å². The lowest BCUT2D eigenvalue weighted by Gasteiger charge is -2.57. The maximum Gasteiger partial charge on any atom is 0.293 e. The highest BCUT2D eigenvalue weighted by Crippen LogP contribution is 2.54. The zero-order valence-electron chi connectivity index (χ0n) is 41.6. The van der Waals surface area contributed by atoms with Gasteiger partial charge in [0.15, 0.2) is 0 Å². The molecule has 4 N–H and O–H groups in total. The van der Waals surface area contributed by atoms with Gasteiger partial charge < -0.3 is 34.7 Å². The fraction of sp³-hybridized carbons (Fsp3) is 0.527. The minimum Gasteiger partial charge on any atom is -0.468 e. The van der Waals surface area contributed by atoms with Crippen LogP contribution >= 0.6 is 0 Å². The molecule has 6 aliphatic rings. The number of H-pyrrole nitrogens is 1. The molecule has 382 valence electrons. The Labute approximate surface area is 422 Å². The smallest absolute Gasteiger partial charge is 0.293 e. The predicted molar refractivity (Wildman–Crippen MR) is 278 cm³/mol. The van der Waals surface area contributed by atoms with Crippen LogP contribution in [-0.2, 0) is 14.8 Å². The molecule has 4 aliphatic heterocycles. The standard InChI is InChI=1S/C55H68N8O8S/c1-35(2)41-8-4-5-9-42(41)45-10-6-7-24-61(45)39-31-55(32-39)21-25-60(26-22-55)38-11-13-43(47(29-38)62-46-18-27-70-34-50(46)71-53-49(62)28-37-17-23-56-51(37)58-53)52(64)59-72(68,69)40-12-14-44(48(30-40)63(66)67)57-33-36-15-19-54(3,65)20-16-36/h4-5,8-9,11-14,17,23,28-30,35-36,39,45-46,50,57,65H,6-7,10,15-16,18-22,24-27,31-34H2,1-3H3,(H,56,58)(H,59,64)/t36?,45-,46-,50-,54?/m0/s1. The number of carbonyl (C=O) groups excluding carboxylic acids is 1. The number of aromatic nitrogens is 2. The number of fused-ring (bicyclic) bond motifs is 3. The SMILES string of the molecule is CC(C)c1ccccc1[C@@H]1CCCCN1C1CC2(CCN(c3ccc(C(=O)NS(=O)(=O)c4ccc(NCC5CCC(C)(O)CC5)c([N+](=O)[O-])c4)c(N4c5cc6cc[nH]c6nc5O[C@H]5COCC[C@@H]54)c3)CC2)C1. The molecule has 11 rings (SSSR count). The number of nitro groups is 1. The number of amides is 1. The van der Waals surface area contributed by atoms with Gasteiger partial charge in [0.25, 0.3) is 21.6 Å². The van der Waals surface area contributed by atoms with E-state index < -0.39 is 43.1 Å². The Hall–Kier alpha value is -5.75. The second-order valence-corrected chi connectivity index (χ2v) is 23.8. The Morgan fingerprint density at radius 2 is 1.75 bits per heavy atom. The lowest BCUT2D eigenvalue weighted by Crippen LogP contribution is -2.56. The summed E-state index contributed by atoms with van der Waals surface area (Å²) >= 11 is 0. The Kier molecular flexibility index (Phi) is 13.0. The molecule has 3 atom stereocenters. The Morgan fingerprint density at radius 1 is 0.958 bits per heavy atom. The summed E-state index contributed by atoms with van der Waals surface area (Å²) in [6.07, 6.45) is 13.0. The number of benzene rings is 3. The van der Waals surface area contributed by atoms with Crippen LogP contribution in [0, 0.1) is 21.4 Å². The van der Waals surface area contributed by atoms with Crippen molar-refractivity contribution in [3.63, 3.8) is 0 Å². The molecule has 0 unspecified atom stereocenters. The lowest BCUT2D eigenvalue weighted by atomic mass is 9.59. The van der Waals surface area contributed by atoms with Gasteiger partial charge in [-0.25, -0.2) is 13.1 Å². The molecule has 5 aromatic rings. The van der Waals surface area contributed by atoms with E-state index in [1.54, 1.807) is 6.07 Å². The van der Waals surface area contributed by atoms with Crippen molar-refractivity contribution in [3.05, 3.63) is 106 Å². The molecule has 5 fully saturated rings. The summed E-state index contributed by atoms with van der Waals surface area (Å²) in [4.78, 5) is 41.4. The minimum atomic E-state index is -4.61. The monoisotopic (exact) mass is 1000 g/mol. The van der Waals surface area contributed by atoms with Gasteiger partial charge in [0.05, 0.1) is 39.3 Å². The first-order chi connectivity index (χ1) is 34.6. The minimum absolute atomic E-state index is 0.124. The molecule has 3 aromatic carbocycles. The van der Waals surface area contributed by atoms with Crippen LogP contribution in [0.1, 0.15) is 131 Å². The van der Waals surface area contributed by atoms with Crippen LogP contribution in [0.4, 0.5) is 28.4 Å². The number of aliphatic hydroxyl groups is 1. The Morgan fingerprint density at radius 3 is 2.53 bits per heavy atom. The molecule has 72 heavy (non-hydrogen) atoms. The van der Waals surface area contributed by atoms with Crippen molar-refractivity contribution < 1.29 is 32.7 Å². The first-order valence-electron chi connectivity index (χ1n) is 26.2. The van der Waals surface area contributed by atoms with Crippen LogP contribution < -0.4 is 24.6 Å². The third-order valence-electron chi connectivity index (χ3n) is 17.1. The zero-order chi connectivity index (χ0) is 49.9. The number of pyridine rings is 1. The molecular weight excluding hydrogens is 933 g/mol. The van der Waals surface area contributed by atoms with Gasteiger partial charge in [-0.3, -0.25) is 19.8 Å². The number of hydrogen-bond acceptors (Lipinski definition) is 13. The van der Waals surface area contributed by atoms with Gasteiger partial charge in [-0.05, 0) is 155 Å². The Balaban J connectivity index is 0.864. The van der Waals surface area contributed by atoms with Crippen molar-refractivity contribution in [2.24, 2.45) is 11.3 Å². The predicted octanol–water partition coefficient (Wildman–Crippen LogP) is 9.73. The number of ether oxygens (including phenoxy) is 2. The number of nitrogens with one attached hydrogen (secondary N) is 3. The highest BCUT2D eigenvalue weighted by molar-refractivity contribution is 7.90. The first-order valence-corrected chi connectivity index (χ1v) is 27.7. The average Bonchev–Trinajstić information content (AvgIpc) is 3.83. The summed E-state index contributed by atoms with van der Waals surface area (Å²) in [5.41, 5.74) is 5.18. The van der Waals surface area contributed by atoms with E-state index in [0.717, 1.165) is 62.5 Å².